The van der Waals surface area contributed by atoms with Crippen molar-refractivity contribution in [1.29, 1.82) is 0 Å². The van der Waals surface area contributed by atoms with Crippen LogP contribution < -0.4 is 5.32 Å². The molecule has 1 aromatic rings. The van der Waals surface area contributed by atoms with Gasteiger partial charge < -0.3 is 15.5 Å². The quantitative estimate of drug-likeness (QED) is 0.791. The molecule has 0 unspecified atom stereocenters. The van der Waals surface area contributed by atoms with Crippen LogP contribution in [0.5, 0.6) is 0 Å². The first kappa shape index (κ1) is 15.5. The number of benzene rings is 1. The molecule has 3 N–H and O–H groups in total. The van der Waals surface area contributed by atoms with E-state index in [1.807, 2.05) is 0 Å². The van der Waals surface area contributed by atoms with Gasteiger partial charge in [-0.25, -0.2) is 4.79 Å². The van der Waals surface area contributed by atoms with Crippen molar-refractivity contribution in [1.82, 2.24) is 0 Å². The Bertz CT molecular complexity index is 684. The number of carboxylic acid groups (broad SMARTS) is 2. The molecule has 0 spiro atoms. The van der Waals surface area contributed by atoms with E-state index in [0.29, 0.717) is 5.69 Å². The van der Waals surface area contributed by atoms with Gasteiger partial charge in [0, 0.05) is 5.69 Å². The lowest BCUT2D eigenvalue weighted by Gasteiger charge is -2.27. The van der Waals surface area contributed by atoms with Gasteiger partial charge in [-0.05, 0) is 55.7 Å². The van der Waals surface area contributed by atoms with Crippen LogP contribution in [0, 0.1) is 30.6 Å². The van der Waals surface area contributed by atoms with Gasteiger partial charge in [0.25, 0.3) is 0 Å². The summed E-state index contributed by atoms with van der Waals surface area (Å²) in [4.78, 5) is 35.2. The number of carbonyl (C=O) groups excluding carboxylic acids is 1. The molecule has 0 heterocycles. The van der Waals surface area contributed by atoms with Crippen molar-refractivity contribution in [3.63, 3.8) is 0 Å². The Morgan fingerprint density at radius 3 is 2.35 bits per heavy atom. The van der Waals surface area contributed by atoms with Gasteiger partial charge in [0.2, 0.25) is 5.91 Å². The Balaban J connectivity index is 1.83. The Morgan fingerprint density at radius 2 is 1.74 bits per heavy atom. The number of nitrogens with one attached hydrogen (secondary N) is 1. The monoisotopic (exact) mass is 317 g/mol. The molecule has 0 radical (unpaired) electrons. The number of aryl methyl sites for hydroxylation is 1. The van der Waals surface area contributed by atoms with E-state index in [1.165, 1.54) is 12.1 Å². The molecule has 4 atom stereocenters. The molecule has 0 aromatic heterocycles. The highest BCUT2D eigenvalue weighted by Crippen LogP contribution is 2.52. The molecule has 2 fully saturated rings. The van der Waals surface area contributed by atoms with Crippen molar-refractivity contribution in [2.24, 2.45) is 23.7 Å². The SMILES string of the molecule is Cc1ccc(C(=O)O)cc1NC(=O)[C@H]1[C@H]2CC[C@@H](C2)[C@@H]1C(=O)O. The fourth-order valence-corrected chi connectivity index (χ4v) is 4.13. The summed E-state index contributed by atoms with van der Waals surface area (Å²) in [5.74, 6) is -3.24. The third-order valence-electron chi connectivity index (χ3n) is 5.25. The van der Waals surface area contributed by atoms with E-state index >= 15 is 0 Å². The average molecular weight is 317 g/mol. The summed E-state index contributed by atoms with van der Waals surface area (Å²) in [6, 6.07) is 4.53. The number of amides is 1. The number of carboxylic acids is 2. The summed E-state index contributed by atoms with van der Waals surface area (Å²) < 4.78 is 0. The first-order chi connectivity index (χ1) is 10.9. The molecule has 0 saturated heterocycles. The summed E-state index contributed by atoms with van der Waals surface area (Å²) in [6.07, 6.45) is 2.56. The number of aromatic carboxylic acids is 1. The zero-order valence-electron chi connectivity index (χ0n) is 12.8. The Hall–Kier alpha value is -2.37. The smallest absolute Gasteiger partial charge is 0.335 e. The number of rotatable bonds is 4. The van der Waals surface area contributed by atoms with E-state index in [0.717, 1.165) is 24.8 Å². The summed E-state index contributed by atoms with van der Waals surface area (Å²) in [7, 11) is 0. The van der Waals surface area contributed by atoms with E-state index < -0.39 is 23.8 Å². The lowest BCUT2D eigenvalue weighted by Crippen LogP contribution is -2.38. The summed E-state index contributed by atoms with van der Waals surface area (Å²) in [5.41, 5.74) is 1.27. The predicted molar refractivity (Wildman–Crippen MR) is 82.2 cm³/mol. The van der Waals surface area contributed by atoms with Crippen molar-refractivity contribution in [2.45, 2.75) is 26.2 Å². The van der Waals surface area contributed by atoms with Gasteiger partial charge in [0.1, 0.15) is 0 Å². The fraction of sp³-hybridized carbons (Fsp3) is 0.471. The predicted octanol–water partition coefficient (Wildman–Crippen LogP) is 2.38. The number of aliphatic carboxylic acids is 1. The van der Waals surface area contributed by atoms with Crippen molar-refractivity contribution < 1.29 is 24.6 Å². The molecule has 2 aliphatic rings. The molecular formula is C17H19NO5. The number of anilines is 1. The van der Waals surface area contributed by atoms with Gasteiger partial charge in [0.15, 0.2) is 0 Å². The molecule has 6 heteroatoms. The highest BCUT2D eigenvalue weighted by molar-refractivity contribution is 5.98. The van der Waals surface area contributed by atoms with E-state index in [4.69, 9.17) is 5.11 Å². The van der Waals surface area contributed by atoms with Crippen LogP contribution in [0.2, 0.25) is 0 Å². The highest BCUT2D eigenvalue weighted by atomic mass is 16.4. The van der Waals surface area contributed by atoms with Gasteiger partial charge in [-0.3, -0.25) is 9.59 Å². The third-order valence-corrected chi connectivity index (χ3v) is 5.25. The molecule has 6 nitrogen and oxygen atoms in total. The van der Waals surface area contributed by atoms with E-state index in [-0.39, 0.29) is 23.3 Å². The first-order valence-electron chi connectivity index (χ1n) is 7.76. The molecule has 1 aromatic carbocycles. The van der Waals surface area contributed by atoms with E-state index in [2.05, 4.69) is 5.32 Å². The van der Waals surface area contributed by atoms with Gasteiger partial charge in [-0.1, -0.05) is 6.07 Å². The van der Waals surface area contributed by atoms with Gasteiger partial charge in [-0.2, -0.15) is 0 Å². The maximum Gasteiger partial charge on any atom is 0.335 e. The lowest BCUT2D eigenvalue weighted by atomic mass is 9.78. The van der Waals surface area contributed by atoms with Crippen molar-refractivity contribution in [2.75, 3.05) is 5.32 Å². The summed E-state index contributed by atoms with van der Waals surface area (Å²) in [6.45, 7) is 1.77. The molecule has 0 aliphatic heterocycles. The molecule has 2 bridgehead atoms. The van der Waals surface area contributed by atoms with Crippen LogP contribution in [0.3, 0.4) is 0 Å². The Kier molecular flexibility index (Phi) is 3.83. The van der Waals surface area contributed by atoms with Gasteiger partial charge in [-0.15, -0.1) is 0 Å². The topological polar surface area (TPSA) is 104 Å². The summed E-state index contributed by atoms with van der Waals surface area (Å²) >= 11 is 0. The second kappa shape index (κ2) is 5.68. The highest BCUT2D eigenvalue weighted by Gasteiger charge is 2.54. The van der Waals surface area contributed by atoms with Crippen LogP contribution in [0.25, 0.3) is 0 Å². The minimum Gasteiger partial charge on any atom is -0.481 e. The number of hydrogen-bond acceptors (Lipinski definition) is 3. The molecule has 3 rings (SSSR count). The van der Waals surface area contributed by atoms with Crippen LogP contribution in [-0.4, -0.2) is 28.1 Å². The van der Waals surface area contributed by atoms with E-state index in [9.17, 15) is 19.5 Å². The van der Waals surface area contributed by atoms with Crippen molar-refractivity contribution in [3.8, 4) is 0 Å². The summed E-state index contributed by atoms with van der Waals surface area (Å²) in [5, 5.41) is 21.2. The maximum absolute atomic E-state index is 12.6. The van der Waals surface area contributed by atoms with Crippen molar-refractivity contribution in [3.05, 3.63) is 29.3 Å². The second-order valence-electron chi connectivity index (χ2n) is 6.55. The minimum atomic E-state index is -1.07. The first-order valence-corrected chi connectivity index (χ1v) is 7.76. The number of hydrogen-bond donors (Lipinski definition) is 3. The van der Waals surface area contributed by atoms with Crippen LogP contribution in [0.15, 0.2) is 18.2 Å². The van der Waals surface area contributed by atoms with Crippen LogP contribution >= 0.6 is 0 Å². The standard InChI is InChI=1S/C17H19NO5/c1-8-2-3-11(16(20)21)7-12(8)18-15(19)13-9-4-5-10(6-9)14(13)17(22)23/h2-3,7,9-10,13-14H,4-6H2,1H3,(H,18,19)(H,20,21)(H,22,23)/t9-,10-,13-,14-/m0/s1. The molecule has 122 valence electrons. The Morgan fingerprint density at radius 1 is 1.09 bits per heavy atom. The number of fused-ring (bicyclic) bond motifs is 2. The zero-order valence-corrected chi connectivity index (χ0v) is 12.8. The second-order valence-corrected chi connectivity index (χ2v) is 6.55. The zero-order chi connectivity index (χ0) is 16.7. The van der Waals surface area contributed by atoms with Crippen LogP contribution in [0.1, 0.15) is 35.2 Å². The van der Waals surface area contributed by atoms with E-state index in [1.54, 1.807) is 13.0 Å². The molecule has 1 amide bonds. The molecular weight excluding hydrogens is 298 g/mol. The Labute approximate surface area is 133 Å². The van der Waals surface area contributed by atoms with Crippen molar-refractivity contribution >= 4 is 23.5 Å². The lowest BCUT2D eigenvalue weighted by molar-refractivity contribution is -0.148. The number of carbonyl (C=O) groups is 3. The molecule has 2 aliphatic carbocycles. The van der Waals surface area contributed by atoms with Gasteiger partial charge >= 0.3 is 11.9 Å². The van der Waals surface area contributed by atoms with Crippen LogP contribution in [-0.2, 0) is 9.59 Å². The normalized spacial score (nSPS) is 28.6. The maximum atomic E-state index is 12.6. The van der Waals surface area contributed by atoms with Gasteiger partial charge in [0.05, 0.1) is 17.4 Å². The fourth-order valence-electron chi connectivity index (χ4n) is 4.13. The molecule has 2 saturated carbocycles. The van der Waals surface area contributed by atoms with Crippen LogP contribution in [0.4, 0.5) is 5.69 Å². The third kappa shape index (κ3) is 2.69. The average Bonchev–Trinajstić information content (AvgIpc) is 3.09. The molecule has 23 heavy (non-hydrogen) atoms. The largest absolute Gasteiger partial charge is 0.481 e. The minimum absolute atomic E-state index is 0.0831.